The zero-order valence-corrected chi connectivity index (χ0v) is 20.6. The Kier molecular flexibility index (Phi) is 19.2. The molecule has 1 unspecified atom stereocenters. The van der Waals surface area contributed by atoms with E-state index in [4.69, 9.17) is 9.47 Å². The topological polar surface area (TPSA) is 55.8 Å². The Labute approximate surface area is 197 Å². The van der Waals surface area contributed by atoms with Gasteiger partial charge in [0.2, 0.25) is 0 Å². The fourth-order valence-corrected chi connectivity index (χ4v) is 3.90. The molecule has 0 saturated heterocycles. The van der Waals surface area contributed by atoms with Crippen molar-refractivity contribution < 1.29 is 19.4 Å². The number of rotatable bonds is 23. The second-order valence-electron chi connectivity index (χ2n) is 9.00. The Morgan fingerprint density at radius 1 is 0.750 bits per heavy atom. The lowest BCUT2D eigenvalue weighted by atomic mass is 10.0. The summed E-state index contributed by atoms with van der Waals surface area (Å²) in [6.07, 6.45) is 20.6. The molecule has 0 aliphatic carbocycles. The maximum atomic E-state index is 11.3. The maximum absolute atomic E-state index is 11.3. The quantitative estimate of drug-likeness (QED) is 0.173. The molecule has 184 valence electrons. The van der Waals surface area contributed by atoms with Crippen LogP contribution in [0.1, 0.15) is 115 Å². The lowest BCUT2D eigenvalue weighted by molar-refractivity contribution is -0.155. The van der Waals surface area contributed by atoms with E-state index in [0.29, 0.717) is 13.2 Å². The van der Waals surface area contributed by atoms with Crippen molar-refractivity contribution >= 4 is 5.97 Å². The molecule has 0 heterocycles. The van der Waals surface area contributed by atoms with Crippen molar-refractivity contribution in [3.63, 3.8) is 0 Å². The van der Waals surface area contributed by atoms with E-state index in [0.717, 1.165) is 18.4 Å². The lowest BCUT2D eigenvalue weighted by Crippen LogP contribution is -2.29. The zero-order chi connectivity index (χ0) is 23.1. The third-order valence-corrected chi connectivity index (χ3v) is 5.98. The summed E-state index contributed by atoms with van der Waals surface area (Å²) in [5.41, 5.74) is 0.969. The highest BCUT2D eigenvalue weighted by molar-refractivity contribution is 5.72. The molecule has 0 amide bonds. The number of carboxylic acid groups (broad SMARTS) is 1. The third-order valence-electron chi connectivity index (χ3n) is 5.98. The Bertz CT molecular complexity index is 531. The van der Waals surface area contributed by atoms with Gasteiger partial charge in [-0.1, -0.05) is 134 Å². The molecule has 0 fully saturated rings. The number of hydrogen-bond acceptors (Lipinski definition) is 3. The summed E-state index contributed by atoms with van der Waals surface area (Å²) in [4.78, 5) is 11.3. The van der Waals surface area contributed by atoms with Gasteiger partial charge in [-0.05, 0) is 12.0 Å². The van der Waals surface area contributed by atoms with E-state index in [2.05, 4.69) is 6.92 Å². The number of carboxylic acids is 1. The molecule has 0 aromatic heterocycles. The maximum Gasteiger partial charge on any atom is 0.335 e. The molecule has 0 radical (unpaired) electrons. The van der Waals surface area contributed by atoms with Crippen LogP contribution in [0, 0.1) is 0 Å². The van der Waals surface area contributed by atoms with Crippen molar-refractivity contribution in [3.05, 3.63) is 35.9 Å². The van der Waals surface area contributed by atoms with E-state index in [-0.39, 0.29) is 6.61 Å². The molecular formula is C28H48O4. The average Bonchev–Trinajstić information content (AvgIpc) is 2.80. The molecule has 0 aliphatic heterocycles. The molecule has 1 aromatic carbocycles. The van der Waals surface area contributed by atoms with E-state index in [1.807, 2.05) is 30.3 Å². The molecule has 1 N–H and O–H groups in total. The van der Waals surface area contributed by atoms with Gasteiger partial charge < -0.3 is 14.6 Å². The van der Waals surface area contributed by atoms with Gasteiger partial charge >= 0.3 is 5.97 Å². The Hall–Kier alpha value is -1.39. The van der Waals surface area contributed by atoms with Crippen LogP contribution >= 0.6 is 0 Å². The lowest BCUT2D eigenvalue weighted by Gasteiger charge is -2.14. The van der Waals surface area contributed by atoms with Gasteiger partial charge in [-0.25, -0.2) is 4.79 Å². The third kappa shape index (κ3) is 17.2. The number of ether oxygens (including phenoxy) is 2. The number of carbonyl (C=O) groups is 1. The van der Waals surface area contributed by atoms with E-state index in [9.17, 15) is 9.90 Å². The molecule has 1 rings (SSSR count). The van der Waals surface area contributed by atoms with Gasteiger partial charge in [-0.15, -0.1) is 0 Å². The van der Waals surface area contributed by atoms with Crippen LogP contribution in [0.5, 0.6) is 0 Å². The normalized spacial score (nSPS) is 12.2. The van der Waals surface area contributed by atoms with Gasteiger partial charge in [0.05, 0.1) is 13.2 Å². The summed E-state index contributed by atoms with van der Waals surface area (Å²) in [6, 6.07) is 9.62. The van der Waals surface area contributed by atoms with Crippen LogP contribution in [0.15, 0.2) is 30.3 Å². The van der Waals surface area contributed by atoms with Crippen LogP contribution < -0.4 is 0 Å². The average molecular weight is 449 g/mol. The summed E-state index contributed by atoms with van der Waals surface area (Å²) in [5, 5.41) is 9.29. The van der Waals surface area contributed by atoms with E-state index < -0.39 is 12.1 Å². The Morgan fingerprint density at radius 3 is 1.69 bits per heavy atom. The molecule has 4 nitrogen and oxygen atoms in total. The minimum Gasteiger partial charge on any atom is -0.479 e. The predicted octanol–water partition coefficient (Wildman–Crippen LogP) is 7.93. The fourth-order valence-electron chi connectivity index (χ4n) is 3.90. The van der Waals surface area contributed by atoms with Crippen LogP contribution in [0.4, 0.5) is 0 Å². The van der Waals surface area contributed by atoms with Gasteiger partial charge in [0.1, 0.15) is 0 Å². The highest BCUT2D eigenvalue weighted by Crippen LogP contribution is 2.14. The van der Waals surface area contributed by atoms with E-state index >= 15 is 0 Å². The van der Waals surface area contributed by atoms with Gasteiger partial charge in [0.15, 0.2) is 6.10 Å². The second-order valence-corrected chi connectivity index (χ2v) is 9.00. The van der Waals surface area contributed by atoms with E-state index in [1.165, 1.54) is 89.9 Å². The summed E-state index contributed by atoms with van der Waals surface area (Å²) in [6.45, 7) is 3.29. The molecule has 32 heavy (non-hydrogen) atoms. The fraction of sp³-hybridized carbons (Fsp3) is 0.750. The molecule has 0 spiro atoms. The van der Waals surface area contributed by atoms with Crippen LogP contribution in [-0.4, -0.2) is 30.4 Å². The SMILES string of the molecule is CCCCCCCCCCCCCCCCCCOCC(OCc1ccccc1)C(=O)O. The molecule has 0 saturated carbocycles. The summed E-state index contributed by atoms with van der Waals surface area (Å²) >= 11 is 0. The summed E-state index contributed by atoms with van der Waals surface area (Å²) < 4.78 is 11.1. The minimum absolute atomic E-state index is 0.112. The van der Waals surface area contributed by atoms with Gasteiger partial charge in [0, 0.05) is 6.61 Å². The molecular weight excluding hydrogens is 400 g/mol. The first-order valence-corrected chi connectivity index (χ1v) is 13.2. The van der Waals surface area contributed by atoms with Gasteiger partial charge in [0.25, 0.3) is 0 Å². The van der Waals surface area contributed by atoms with Crippen molar-refractivity contribution in [3.8, 4) is 0 Å². The summed E-state index contributed by atoms with van der Waals surface area (Å²) in [7, 11) is 0. The van der Waals surface area contributed by atoms with Gasteiger partial charge in [-0.3, -0.25) is 0 Å². The zero-order valence-electron chi connectivity index (χ0n) is 20.6. The van der Waals surface area contributed by atoms with Crippen molar-refractivity contribution in [1.82, 2.24) is 0 Å². The number of aliphatic carboxylic acids is 1. The van der Waals surface area contributed by atoms with E-state index in [1.54, 1.807) is 0 Å². The monoisotopic (exact) mass is 448 g/mol. The number of hydrogen-bond donors (Lipinski definition) is 1. The smallest absolute Gasteiger partial charge is 0.335 e. The highest BCUT2D eigenvalue weighted by Gasteiger charge is 2.18. The molecule has 1 aromatic rings. The number of unbranched alkanes of at least 4 members (excludes halogenated alkanes) is 15. The van der Waals surface area contributed by atoms with Crippen LogP contribution in [-0.2, 0) is 20.9 Å². The first-order valence-electron chi connectivity index (χ1n) is 13.2. The largest absolute Gasteiger partial charge is 0.479 e. The summed E-state index contributed by atoms with van der Waals surface area (Å²) in [5.74, 6) is -0.965. The standard InChI is InChI=1S/C28H48O4/c1-2-3-4-5-6-7-8-9-10-11-12-13-14-15-16-20-23-31-25-27(28(29)30)32-24-26-21-18-17-19-22-26/h17-19,21-22,27H,2-16,20,23-25H2,1H3,(H,29,30). The van der Waals surface area contributed by atoms with Gasteiger partial charge in [-0.2, -0.15) is 0 Å². The predicted molar refractivity (Wildman–Crippen MR) is 133 cm³/mol. The Balaban J connectivity index is 1.84. The highest BCUT2D eigenvalue weighted by atomic mass is 16.5. The number of benzene rings is 1. The molecule has 4 heteroatoms. The van der Waals surface area contributed by atoms with Crippen molar-refractivity contribution in [2.75, 3.05) is 13.2 Å². The minimum atomic E-state index is -0.965. The van der Waals surface area contributed by atoms with Crippen LogP contribution in [0.2, 0.25) is 0 Å². The molecule has 1 atom stereocenters. The second kappa shape index (κ2) is 21.5. The van der Waals surface area contributed by atoms with Crippen molar-refractivity contribution in [2.24, 2.45) is 0 Å². The molecule has 0 aliphatic rings. The van der Waals surface area contributed by atoms with Crippen molar-refractivity contribution in [2.45, 2.75) is 122 Å². The van der Waals surface area contributed by atoms with Crippen LogP contribution in [0.25, 0.3) is 0 Å². The Morgan fingerprint density at radius 2 is 1.22 bits per heavy atom. The van der Waals surface area contributed by atoms with Crippen LogP contribution in [0.3, 0.4) is 0 Å². The van der Waals surface area contributed by atoms with Crippen molar-refractivity contribution in [1.29, 1.82) is 0 Å². The first-order chi connectivity index (χ1) is 15.7. The molecule has 0 bridgehead atoms. The first kappa shape index (κ1) is 28.6.